The number of nitrogens with two attached hydrogens (primary N) is 1. The Kier molecular flexibility index (Phi) is 3.85. The number of hydrogen-bond acceptors (Lipinski definition) is 3. The van der Waals surface area contributed by atoms with Crippen LogP contribution in [-0.4, -0.2) is 4.98 Å². The molecule has 0 radical (unpaired) electrons. The maximum atomic E-state index is 5.63. The van der Waals surface area contributed by atoms with Crippen molar-refractivity contribution in [2.75, 3.05) is 5.73 Å². The minimum Gasteiger partial charge on any atom is -0.397 e. The standard InChI is InChI=1S/C12H11BrN2S/c13-11-6-10(14)7-15-12(11)16-8-9-4-2-1-3-5-9/h1-7H,8,14H2. The van der Waals surface area contributed by atoms with Gasteiger partial charge in [0.15, 0.2) is 0 Å². The van der Waals surface area contributed by atoms with Crippen LogP contribution in [-0.2, 0) is 5.75 Å². The predicted molar refractivity (Wildman–Crippen MR) is 72.4 cm³/mol. The molecule has 2 nitrogen and oxygen atoms in total. The summed E-state index contributed by atoms with van der Waals surface area (Å²) in [5.74, 6) is 0.913. The van der Waals surface area contributed by atoms with Gasteiger partial charge in [-0.3, -0.25) is 0 Å². The highest BCUT2D eigenvalue weighted by Gasteiger charge is 2.03. The van der Waals surface area contributed by atoms with Crippen molar-refractivity contribution in [3.8, 4) is 0 Å². The van der Waals surface area contributed by atoms with E-state index in [1.807, 2.05) is 24.3 Å². The first-order valence-electron chi connectivity index (χ1n) is 4.83. The molecular weight excluding hydrogens is 284 g/mol. The Hall–Kier alpha value is -1.00. The van der Waals surface area contributed by atoms with Gasteiger partial charge in [-0.2, -0.15) is 0 Å². The molecule has 0 bridgehead atoms. The van der Waals surface area contributed by atoms with Crippen molar-refractivity contribution in [3.63, 3.8) is 0 Å². The van der Waals surface area contributed by atoms with E-state index >= 15 is 0 Å². The van der Waals surface area contributed by atoms with Crippen molar-refractivity contribution in [2.45, 2.75) is 10.8 Å². The Morgan fingerprint density at radius 1 is 1.25 bits per heavy atom. The largest absolute Gasteiger partial charge is 0.397 e. The molecule has 1 aromatic heterocycles. The van der Waals surface area contributed by atoms with Crippen LogP contribution in [0, 0.1) is 0 Å². The normalized spacial score (nSPS) is 10.3. The van der Waals surface area contributed by atoms with Gasteiger partial charge in [0.25, 0.3) is 0 Å². The van der Waals surface area contributed by atoms with Crippen LogP contribution in [0.15, 0.2) is 52.1 Å². The van der Waals surface area contributed by atoms with Gasteiger partial charge < -0.3 is 5.73 Å². The first-order chi connectivity index (χ1) is 7.75. The predicted octanol–water partition coefficient (Wildman–Crippen LogP) is 3.72. The van der Waals surface area contributed by atoms with Gasteiger partial charge in [-0.05, 0) is 27.6 Å². The summed E-state index contributed by atoms with van der Waals surface area (Å²) in [7, 11) is 0. The molecule has 4 heteroatoms. The van der Waals surface area contributed by atoms with Crippen LogP contribution in [0.5, 0.6) is 0 Å². The molecular formula is C12H11BrN2S. The number of benzene rings is 1. The number of nitrogens with zero attached hydrogens (tertiary/aromatic N) is 1. The number of aromatic nitrogens is 1. The van der Waals surface area contributed by atoms with E-state index in [1.165, 1.54) is 5.56 Å². The summed E-state index contributed by atoms with van der Waals surface area (Å²) in [5.41, 5.74) is 7.60. The molecule has 1 heterocycles. The van der Waals surface area contributed by atoms with E-state index in [4.69, 9.17) is 5.73 Å². The van der Waals surface area contributed by atoms with E-state index in [1.54, 1.807) is 18.0 Å². The van der Waals surface area contributed by atoms with Gasteiger partial charge in [-0.25, -0.2) is 4.98 Å². The third kappa shape index (κ3) is 3.00. The molecule has 0 fully saturated rings. The van der Waals surface area contributed by atoms with E-state index < -0.39 is 0 Å². The minimum atomic E-state index is 0.677. The number of thioether (sulfide) groups is 1. The SMILES string of the molecule is Nc1cnc(SCc2ccccc2)c(Br)c1. The minimum absolute atomic E-state index is 0.677. The van der Waals surface area contributed by atoms with Gasteiger partial charge in [0.2, 0.25) is 0 Å². The van der Waals surface area contributed by atoms with Crippen LogP contribution in [0.3, 0.4) is 0 Å². The molecule has 1 aromatic carbocycles. The molecule has 0 amide bonds. The van der Waals surface area contributed by atoms with Crippen molar-refractivity contribution in [1.82, 2.24) is 4.98 Å². The highest BCUT2D eigenvalue weighted by Crippen LogP contribution is 2.28. The molecule has 0 saturated carbocycles. The number of hydrogen-bond donors (Lipinski definition) is 1. The first-order valence-corrected chi connectivity index (χ1v) is 6.61. The average molecular weight is 295 g/mol. The summed E-state index contributed by atoms with van der Waals surface area (Å²) >= 11 is 5.15. The van der Waals surface area contributed by atoms with E-state index in [2.05, 4.69) is 33.0 Å². The second kappa shape index (κ2) is 5.37. The fourth-order valence-corrected chi connectivity index (χ4v) is 2.80. The van der Waals surface area contributed by atoms with Crippen LogP contribution >= 0.6 is 27.7 Å². The zero-order chi connectivity index (χ0) is 11.4. The topological polar surface area (TPSA) is 38.9 Å². The lowest BCUT2D eigenvalue weighted by Gasteiger charge is -2.04. The maximum Gasteiger partial charge on any atom is 0.111 e. The van der Waals surface area contributed by atoms with Gasteiger partial charge in [0, 0.05) is 5.75 Å². The number of anilines is 1. The molecule has 2 aromatic rings. The quantitative estimate of drug-likeness (QED) is 0.877. The Morgan fingerprint density at radius 2 is 2.00 bits per heavy atom. The summed E-state index contributed by atoms with van der Waals surface area (Å²) in [5, 5.41) is 0.970. The summed E-state index contributed by atoms with van der Waals surface area (Å²) in [6, 6.07) is 12.2. The van der Waals surface area contributed by atoms with E-state index in [9.17, 15) is 0 Å². The van der Waals surface area contributed by atoms with Crippen LogP contribution in [0.2, 0.25) is 0 Å². The van der Waals surface area contributed by atoms with Gasteiger partial charge in [-0.15, -0.1) is 11.8 Å². The summed E-state index contributed by atoms with van der Waals surface area (Å²) in [4.78, 5) is 4.28. The molecule has 0 spiro atoms. The fraction of sp³-hybridized carbons (Fsp3) is 0.0833. The summed E-state index contributed by atoms with van der Waals surface area (Å²) < 4.78 is 0.952. The maximum absolute atomic E-state index is 5.63. The molecule has 2 N–H and O–H groups in total. The van der Waals surface area contributed by atoms with Crippen LogP contribution in [0.4, 0.5) is 5.69 Å². The van der Waals surface area contributed by atoms with Crippen LogP contribution in [0.1, 0.15) is 5.56 Å². The highest BCUT2D eigenvalue weighted by atomic mass is 79.9. The van der Waals surface area contributed by atoms with Crippen molar-refractivity contribution < 1.29 is 0 Å². The molecule has 82 valence electrons. The third-order valence-corrected chi connectivity index (χ3v) is 3.99. The zero-order valence-electron chi connectivity index (χ0n) is 8.56. The molecule has 0 aliphatic heterocycles. The zero-order valence-corrected chi connectivity index (χ0v) is 11.0. The monoisotopic (exact) mass is 294 g/mol. The lowest BCUT2D eigenvalue weighted by molar-refractivity contribution is 1.11. The first kappa shape index (κ1) is 11.5. The highest BCUT2D eigenvalue weighted by molar-refractivity contribution is 9.10. The van der Waals surface area contributed by atoms with Crippen molar-refractivity contribution in [1.29, 1.82) is 0 Å². The van der Waals surface area contributed by atoms with Crippen LogP contribution in [0.25, 0.3) is 0 Å². The Labute approximate surface area is 107 Å². The van der Waals surface area contributed by atoms with Gasteiger partial charge >= 0.3 is 0 Å². The number of pyridine rings is 1. The second-order valence-electron chi connectivity index (χ2n) is 3.33. The molecule has 16 heavy (non-hydrogen) atoms. The molecule has 2 rings (SSSR count). The summed E-state index contributed by atoms with van der Waals surface area (Å²) in [6.07, 6.45) is 1.68. The molecule has 0 aliphatic carbocycles. The molecule has 0 saturated heterocycles. The van der Waals surface area contributed by atoms with Crippen LogP contribution < -0.4 is 5.73 Å². The average Bonchev–Trinajstić information content (AvgIpc) is 2.29. The van der Waals surface area contributed by atoms with E-state index in [-0.39, 0.29) is 0 Å². The molecule has 0 unspecified atom stereocenters. The lowest BCUT2D eigenvalue weighted by atomic mass is 10.2. The lowest BCUT2D eigenvalue weighted by Crippen LogP contribution is -1.89. The number of halogens is 1. The van der Waals surface area contributed by atoms with Crippen molar-refractivity contribution in [2.24, 2.45) is 0 Å². The Bertz CT molecular complexity index is 474. The Balaban J connectivity index is 2.05. The van der Waals surface area contributed by atoms with E-state index in [0.29, 0.717) is 5.69 Å². The smallest absolute Gasteiger partial charge is 0.111 e. The van der Waals surface area contributed by atoms with Crippen molar-refractivity contribution in [3.05, 3.63) is 52.6 Å². The molecule has 0 aliphatic rings. The van der Waals surface area contributed by atoms with Crippen molar-refractivity contribution >= 4 is 33.4 Å². The van der Waals surface area contributed by atoms with Gasteiger partial charge in [0.1, 0.15) is 5.03 Å². The second-order valence-corrected chi connectivity index (χ2v) is 5.15. The number of nitrogen functional groups attached to an aromatic ring is 1. The fourth-order valence-electron chi connectivity index (χ4n) is 1.27. The number of rotatable bonds is 3. The molecule has 0 atom stereocenters. The van der Waals surface area contributed by atoms with E-state index in [0.717, 1.165) is 15.3 Å². The van der Waals surface area contributed by atoms with Gasteiger partial charge in [0.05, 0.1) is 16.4 Å². The third-order valence-electron chi connectivity index (χ3n) is 2.05. The Morgan fingerprint density at radius 3 is 2.69 bits per heavy atom. The summed E-state index contributed by atoms with van der Waals surface area (Å²) in [6.45, 7) is 0. The van der Waals surface area contributed by atoms with Gasteiger partial charge in [-0.1, -0.05) is 30.3 Å².